The molecule has 1 heterocycles. The summed E-state index contributed by atoms with van der Waals surface area (Å²) in [5, 5.41) is 1.23. The first-order valence-electron chi connectivity index (χ1n) is 4.93. The van der Waals surface area contributed by atoms with Crippen molar-refractivity contribution in [2.45, 2.75) is 20.8 Å². The van der Waals surface area contributed by atoms with E-state index in [1.54, 1.807) is 7.11 Å². The van der Waals surface area contributed by atoms with Crippen molar-refractivity contribution >= 4 is 10.9 Å². The van der Waals surface area contributed by atoms with Crippen molar-refractivity contribution in [3.63, 3.8) is 0 Å². The summed E-state index contributed by atoms with van der Waals surface area (Å²) in [4.78, 5) is 3.18. The summed E-state index contributed by atoms with van der Waals surface area (Å²) in [5.74, 6) is 0.908. The highest BCUT2D eigenvalue weighted by molar-refractivity contribution is 5.84. The lowest BCUT2D eigenvalue weighted by Crippen LogP contribution is -1.81. The summed E-state index contributed by atoms with van der Waals surface area (Å²) in [6, 6.07) is 6.03. The highest BCUT2D eigenvalue weighted by atomic mass is 16.5. The van der Waals surface area contributed by atoms with E-state index in [9.17, 15) is 0 Å². The summed E-state index contributed by atoms with van der Waals surface area (Å²) >= 11 is 0. The molecule has 0 spiro atoms. The molecular weight excluding hydrogens is 174 g/mol. The number of hydrogen-bond donors (Lipinski definition) is 1. The van der Waals surface area contributed by atoms with Gasteiger partial charge in [0.05, 0.1) is 7.11 Å². The van der Waals surface area contributed by atoms with E-state index >= 15 is 0 Å². The third kappa shape index (κ3) is 1.90. The molecule has 14 heavy (non-hydrogen) atoms. The zero-order chi connectivity index (χ0) is 10.6. The van der Waals surface area contributed by atoms with Gasteiger partial charge in [-0.1, -0.05) is 13.8 Å². The van der Waals surface area contributed by atoms with Gasteiger partial charge in [0.15, 0.2) is 0 Å². The van der Waals surface area contributed by atoms with Crippen LogP contribution in [0.2, 0.25) is 0 Å². The number of hydrogen-bond acceptors (Lipinski definition) is 1. The van der Waals surface area contributed by atoms with Crippen LogP contribution in [0.5, 0.6) is 5.75 Å². The van der Waals surface area contributed by atoms with E-state index in [0.717, 1.165) is 11.3 Å². The predicted octanol–water partition coefficient (Wildman–Crippen LogP) is 3.51. The topological polar surface area (TPSA) is 25.0 Å². The molecule has 2 rings (SSSR count). The van der Waals surface area contributed by atoms with Crippen LogP contribution in [0.3, 0.4) is 0 Å². The summed E-state index contributed by atoms with van der Waals surface area (Å²) in [6.07, 6.45) is 2.00. The van der Waals surface area contributed by atoms with E-state index in [-0.39, 0.29) is 0 Å². The molecule has 1 aromatic heterocycles. The monoisotopic (exact) mass is 191 g/mol. The number of rotatable bonds is 1. The average Bonchev–Trinajstić information content (AvgIpc) is 2.63. The normalized spacial score (nSPS) is 9.43. The lowest BCUT2D eigenvalue weighted by molar-refractivity contribution is 0.415. The van der Waals surface area contributed by atoms with E-state index in [2.05, 4.69) is 11.9 Å². The van der Waals surface area contributed by atoms with Crippen LogP contribution < -0.4 is 4.74 Å². The molecule has 0 fully saturated rings. The zero-order valence-corrected chi connectivity index (χ0v) is 9.22. The molecule has 76 valence electrons. The van der Waals surface area contributed by atoms with Crippen LogP contribution in [0.4, 0.5) is 0 Å². The number of H-pyrrole nitrogens is 1. The number of methoxy groups -OCH3 is 1. The second kappa shape index (κ2) is 4.70. The van der Waals surface area contributed by atoms with Crippen LogP contribution in [-0.2, 0) is 0 Å². The molecule has 0 atom stereocenters. The Kier molecular flexibility index (Phi) is 3.57. The highest BCUT2D eigenvalue weighted by Crippen LogP contribution is 2.22. The SMILES string of the molecule is CC.COc1ccc2[nH]cc(C)c2c1. The van der Waals surface area contributed by atoms with Crippen molar-refractivity contribution in [3.8, 4) is 5.75 Å². The average molecular weight is 191 g/mol. The van der Waals surface area contributed by atoms with Crippen LogP contribution in [-0.4, -0.2) is 12.1 Å². The number of ether oxygens (including phenoxy) is 1. The molecule has 0 saturated heterocycles. The standard InChI is InChI=1S/C10H11NO.C2H6/c1-7-6-11-10-4-3-8(12-2)5-9(7)10;1-2/h3-6,11H,1-2H3;1-2H3. The molecule has 0 radical (unpaired) electrons. The van der Waals surface area contributed by atoms with E-state index in [1.807, 2.05) is 38.2 Å². The lowest BCUT2D eigenvalue weighted by atomic mass is 10.2. The highest BCUT2D eigenvalue weighted by Gasteiger charge is 1.99. The fraction of sp³-hybridized carbons (Fsp3) is 0.333. The Morgan fingerprint density at radius 2 is 1.93 bits per heavy atom. The van der Waals surface area contributed by atoms with Gasteiger partial charge in [-0.3, -0.25) is 0 Å². The summed E-state index contributed by atoms with van der Waals surface area (Å²) in [5.41, 5.74) is 2.41. The zero-order valence-electron chi connectivity index (χ0n) is 9.22. The summed E-state index contributed by atoms with van der Waals surface area (Å²) in [7, 11) is 1.68. The molecule has 0 unspecified atom stereocenters. The second-order valence-corrected chi connectivity index (χ2v) is 2.88. The summed E-state index contributed by atoms with van der Waals surface area (Å²) < 4.78 is 5.13. The minimum atomic E-state index is 0.908. The molecule has 0 aliphatic heterocycles. The van der Waals surface area contributed by atoms with Crippen LogP contribution in [0.25, 0.3) is 10.9 Å². The molecule has 1 aromatic carbocycles. The number of benzene rings is 1. The first-order chi connectivity index (χ1) is 6.81. The number of fused-ring (bicyclic) bond motifs is 1. The van der Waals surface area contributed by atoms with Gasteiger partial charge in [-0.2, -0.15) is 0 Å². The number of aryl methyl sites for hydroxylation is 1. The van der Waals surface area contributed by atoms with E-state index in [1.165, 1.54) is 10.9 Å². The van der Waals surface area contributed by atoms with Gasteiger partial charge in [0.2, 0.25) is 0 Å². The lowest BCUT2D eigenvalue weighted by Gasteiger charge is -1.98. The van der Waals surface area contributed by atoms with Gasteiger partial charge in [0.25, 0.3) is 0 Å². The van der Waals surface area contributed by atoms with Gasteiger partial charge in [0, 0.05) is 17.1 Å². The second-order valence-electron chi connectivity index (χ2n) is 2.88. The molecular formula is C12H17NO. The largest absolute Gasteiger partial charge is 0.497 e. The Morgan fingerprint density at radius 3 is 2.57 bits per heavy atom. The van der Waals surface area contributed by atoms with Crippen LogP contribution in [0.1, 0.15) is 19.4 Å². The van der Waals surface area contributed by atoms with Crippen molar-refractivity contribution < 1.29 is 4.74 Å². The van der Waals surface area contributed by atoms with Gasteiger partial charge >= 0.3 is 0 Å². The molecule has 2 heteroatoms. The number of aromatic nitrogens is 1. The maximum absolute atomic E-state index is 5.13. The van der Waals surface area contributed by atoms with Crippen LogP contribution in [0, 0.1) is 6.92 Å². The molecule has 0 saturated carbocycles. The minimum absolute atomic E-state index is 0.908. The molecule has 2 nitrogen and oxygen atoms in total. The van der Waals surface area contributed by atoms with Gasteiger partial charge in [-0.25, -0.2) is 0 Å². The van der Waals surface area contributed by atoms with Gasteiger partial charge in [0.1, 0.15) is 5.75 Å². The molecule has 0 aliphatic rings. The first kappa shape index (κ1) is 10.6. The Labute approximate surface area is 84.9 Å². The van der Waals surface area contributed by atoms with Gasteiger partial charge in [-0.15, -0.1) is 0 Å². The van der Waals surface area contributed by atoms with E-state index in [4.69, 9.17) is 4.74 Å². The quantitative estimate of drug-likeness (QED) is 0.733. The Bertz CT molecular complexity index is 404. The van der Waals surface area contributed by atoms with Crippen molar-refractivity contribution in [1.29, 1.82) is 0 Å². The molecule has 0 amide bonds. The van der Waals surface area contributed by atoms with Gasteiger partial charge in [-0.05, 0) is 30.7 Å². The summed E-state index contributed by atoms with van der Waals surface area (Å²) in [6.45, 7) is 6.08. The molecule has 0 aliphatic carbocycles. The van der Waals surface area contributed by atoms with Crippen molar-refractivity contribution in [2.75, 3.05) is 7.11 Å². The number of nitrogens with one attached hydrogen (secondary N) is 1. The smallest absolute Gasteiger partial charge is 0.119 e. The molecule has 0 bridgehead atoms. The van der Waals surface area contributed by atoms with Crippen molar-refractivity contribution in [1.82, 2.24) is 4.98 Å². The maximum Gasteiger partial charge on any atom is 0.119 e. The Morgan fingerprint density at radius 1 is 1.21 bits per heavy atom. The fourth-order valence-electron chi connectivity index (χ4n) is 1.37. The molecule has 2 aromatic rings. The maximum atomic E-state index is 5.13. The van der Waals surface area contributed by atoms with Crippen LogP contribution >= 0.6 is 0 Å². The minimum Gasteiger partial charge on any atom is -0.497 e. The molecule has 1 N–H and O–H groups in total. The number of aromatic amines is 1. The Hall–Kier alpha value is -1.44. The predicted molar refractivity (Wildman–Crippen MR) is 60.9 cm³/mol. The van der Waals surface area contributed by atoms with Crippen LogP contribution in [0.15, 0.2) is 24.4 Å². The van der Waals surface area contributed by atoms with E-state index < -0.39 is 0 Å². The van der Waals surface area contributed by atoms with Gasteiger partial charge < -0.3 is 9.72 Å². The third-order valence-electron chi connectivity index (χ3n) is 2.10. The van der Waals surface area contributed by atoms with E-state index in [0.29, 0.717) is 0 Å². The van der Waals surface area contributed by atoms with Crippen molar-refractivity contribution in [2.24, 2.45) is 0 Å². The first-order valence-corrected chi connectivity index (χ1v) is 4.93. The third-order valence-corrected chi connectivity index (χ3v) is 2.10. The van der Waals surface area contributed by atoms with Crippen molar-refractivity contribution in [3.05, 3.63) is 30.0 Å². The Balaban J connectivity index is 0.000000461. The fourth-order valence-corrected chi connectivity index (χ4v) is 1.37.